The van der Waals surface area contributed by atoms with Crippen LogP contribution in [0.4, 0.5) is 0 Å². The molecule has 0 saturated heterocycles. The summed E-state index contributed by atoms with van der Waals surface area (Å²) in [4.78, 5) is 24.1. The summed E-state index contributed by atoms with van der Waals surface area (Å²) in [5.74, 6) is 0.352. The number of rotatable bonds is 37. The number of aliphatic hydroxyl groups is 2. The third-order valence-corrected chi connectivity index (χ3v) is 9.23. The van der Waals surface area contributed by atoms with Gasteiger partial charge in [-0.2, -0.15) is 0 Å². The van der Waals surface area contributed by atoms with Gasteiger partial charge in [-0.15, -0.1) is 0 Å². The van der Waals surface area contributed by atoms with Gasteiger partial charge in [-0.05, 0) is 77.0 Å². The summed E-state index contributed by atoms with van der Waals surface area (Å²) >= 11 is 0. The van der Waals surface area contributed by atoms with Crippen LogP contribution in [0.3, 0.4) is 0 Å². The number of hydrogen-bond acceptors (Lipinski definition) is 4. The molecule has 0 aromatic carbocycles. The van der Waals surface area contributed by atoms with Crippen molar-refractivity contribution in [2.75, 3.05) is 13.1 Å². The van der Waals surface area contributed by atoms with Crippen LogP contribution in [-0.4, -0.2) is 47.3 Å². The molecular formula is C42H80N2O4. The van der Waals surface area contributed by atoms with Crippen molar-refractivity contribution in [1.29, 1.82) is 0 Å². The number of hydrogen-bond donors (Lipinski definition) is 4. The largest absolute Gasteiger partial charge is 0.393 e. The monoisotopic (exact) mass is 677 g/mol. The lowest BCUT2D eigenvalue weighted by Gasteiger charge is -2.07. The summed E-state index contributed by atoms with van der Waals surface area (Å²) in [6.45, 7) is 5.93. The van der Waals surface area contributed by atoms with E-state index >= 15 is 0 Å². The Morgan fingerprint density at radius 3 is 1.23 bits per heavy atom. The van der Waals surface area contributed by atoms with E-state index in [-0.39, 0.29) is 24.0 Å². The van der Waals surface area contributed by atoms with Crippen LogP contribution in [0.15, 0.2) is 24.3 Å². The van der Waals surface area contributed by atoms with Crippen LogP contribution in [0, 0.1) is 0 Å². The zero-order valence-electron chi connectivity index (χ0n) is 31.8. The summed E-state index contributed by atoms with van der Waals surface area (Å²) in [5.41, 5.74) is 0. The van der Waals surface area contributed by atoms with Crippen LogP contribution in [0.25, 0.3) is 0 Å². The summed E-state index contributed by atoms with van der Waals surface area (Å²) in [6.07, 6.45) is 40.4. The van der Waals surface area contributed by atoms with Crippen LogP contribution in [0.2, 0.25) is 0 Å². The van der Waals surface area contributed by atoms with Gasteiger partial charge in [0.1, 0.15) is 0 Å². The second-order valence-corrected chi connectivity index (χ2v) is 14.1. The Morgan fingerprint density at radius 1 is 0.458 bits per heavy atom. The highest BCUT2D eigenvalue weighted by Gasteiger charge is 2.04. The van der Waals surface area contributed by atoms with Crippen molar-refractivity contribution in [2.24, 2.45) is 0 Å². The van der Waals surface area contributed by atoms with Gasteiger partial charge in [-0.3, -0.25) is 9.59 Å². The van der Waals surface area contributed by atoms with Gasteiger partial charge in [0, 0.05) is 25.9 Å². The molecule has 2 atom stereocenters. The maximum atomic E-state index is 12.1. The lowest BCUT2D eigenvalue weighted by Crippen LogP contribution is -2.24. The molecule has 0 heterocycles. The molecule has 0 radical (unpaired) electrons. The second kappa shape index (κ2) is 38.1. The first-order valence-electron chi connectivity index (χ1n) is 20.7. The molecule has 48 heavy (non-hydrogen) atoms. The van der Waals surface area contributed by atoms with Crippen LogP contribution in [-0.2, 0) is 9.59 Å². The number of aliphatic hydroxyl groups excluding tert-OH is 2. The van der Waals surface area contributed by atoms with E-state index < -0.39 is 0 Å². The molecule has 282 valence electrons. The Hall–Kier alpha value is -1.66. The summed E-state index contributed by atoms with van der Waals surface area (Å²) < 4.78 is 0. The van der Waals surface area contributed by atoms with Crippen molar-refractivity contribution >= 4 is 11.8 Å². The number of allylic oxidation sites excluding steroid dienone is 2. The molecule has 0 aliphatic carbocycles. The molecule has 0 saturated carbocycles. The molecule has 0 aromatic rings. The first kappa shape index (κ1) is 46.3. The highest BCUT2D eigenvalue weighted by molar-refractivity contribution is 5.76. The SMILES string of the molecule is CCCCCCC(O)C/C=C\CCCCCCCC(=O)NCCCCCCNC(=O)CCCCCCC/C=C\CC(O)CCCCCC. The molecule has 0 bridgehead atoms. The molecule has 0 fully saturated rings. The van der Waals surface area contributed by atoms with Crippen molar-refractivity contribution in [3.05, 3.63) is 24.3 Å². The van der Waals surface area contributed by atoms with Gasteiger partial charge in [0.25, 0.3) is 0 Å². The van der Waals surface area contributed by atoms with Gasteiger partial charge in [0.15, 0.2) is 0 Å². The van der Waals surface area contributed by atoms with Crippen molar-refractivity contribution in [3.8, 4) is 0 Å². The smallest absolute Gasteiger partial charge is 0.219 e. The molecule has 4 N–H and O–H groups in total. The van der Waals surface area contributed by atoms with Crippen LogP contribution in [0.5, 0.6) is 0 Å². The fraction of sp³-hybridized carbons (Fsp3) is 0.857. The Balaban J connectivity index is 3.39. The summed E-state index contributed by atoms with van der Waals surface area (Å²) in [7, 11) is 0. The Kier molecular flexibility index (Phi) is 36.8. The minimum atomic E-state index is -0.180. The van der Waals surface area contributed by atoms with Gasteiger partial charge >= 0.3 is 0 Å². The Bertz CT molecular complexity index is 692. The van der Waals surface area contributed by atoms with Gasteiger partial charge in [-0.25, -0.2) is 0 Å². The minimum Gasteiger partial charge on any atom is -0.393 e. The van der Waals surface area contributed by atoms with E-state index in [0.717, 1.165) is 116 Å². The van der Waals surface area contributed by atoms with Crippen molar-refractivity contribution < 1.29 is 19.8 Å². The average molecular weight is 677 g/mol. The molecule has 0 aromatic heterocycles. The molecule has 0 spiro atoms. The van der Waals surface area contributed by atoms with Crippen LogP contribution < -0.4 is 10.6 Å². The number of unbranched alkanes of at least 4 members (excludes halogenated alkanes) is 19. The van der Waals surface area contributed by atoms with E-state index in [4.69, 9.17) is 0 Å². The van der Waals surface area contributed by atoms with E-state index in [1.807, 2.05) is 0 Å². The van der Waals surface area contributed by atoms with Crippen molar-refractivity contribution in [2.45, 2.75) is 219 Å². The molecule has 0 aliphatic rings. The van der Waals surface area contributed by atoms with Gasteiger partial charge in [0.05, 0.1) is 12.2 Å². The molecule has 2 unspecified atom stereocenters. The maximum Gasteiger partial charge on any atom is 0.219 e. The standard InChI is InChI=1S/C42H80N2O4/c1-3-5-7-23-31-39(45)33-25-17-13-9-11-15-19-27-35-41(47)43-37-29-21-22-30-38-44-42(48)36-28-20-16-12-10-14-18-26-34-40(46)32-24-8-6-4-2/h17-18,25-26,39-40,45-46H,3-16,19-24,27-38H2,1-2H3,(H,43,47)(H,44,48)/b25-17-,26-18-. The lowest BCUT2D eigenvalue weighted by atomic mass is 10.1. The quantitative estimate of drug-likeness (QED) is 0.0389. The average Bonchev–Trinajstić information content (AvgIpc) is 3.07. The van der Waals surface area contributed by atoms with E-state index in [1.54, 1.807) is 0 Å². The van der Waals surface area contributed by atoms with Gasteiger partial charge in [-0.1, -0.05) is 141 Å². The normalized spacial score (nSPS) is 13.0. The number of nitrogens with one attached hydrogen (secondary N) is 2. The van der Waals surface area contributed by atoms with E-state index in [0.29, 0.717) is 12.8 Å². The van der Waals surface area contributed by atoms with Crippen molar-refractivity contribution in [1.82, 2.24) is 10.6 Å². The minimum absolute atomic E-state index is 0.176. The van der Waals surface area contributed by atoms with Gasteiger partial charge < -0.3 is 20.8 Å². The first-order chi connectivity index (χ1) is 23.5. The zero-order chi connectivity index (χ0) is 35.2. The van der Waals surface area contributed by atoms with E-state index in [2.05, 4.69) is 48.8 Å². The predicted molar refractivity (Wildman–Crippen MR) is 206 cm³/mol. The number of amides is 2. The second-order valence-electron chi connectivity index (χ2n) is 14.1. The highest BCUT2D eigenvalue weighted by Crippen LogP contribution is 2.12. The van der Waals surface area contributed by atoms with Crippen molar-refractivity contribution in [3.63, 3.8) is 0 Å². The zero-order valence-corrected chi connectivity index (χ0v) is 31.8. The highest BCUT2D eigenvalue weighted by atomic mass is 16.3. The van der Waals surface area contributed by atoms with Crippen LogP contribution >= 0.6 is 0 Å². The molecule has 6 heteroatoms. The maximum absolute atomic E-state index is 12.1. The molecular weight excluding hydrogens is 596 g/mol. The Labute approximate surface area is 297 Å². The number of carbonyl (C=O) groups excluding carboxylic acids is 2. The van der Waals surface area contributed by atoms with E-state index in [9.17, 15) is 19.8 Å². The van der Waals surface area contributed by atoms with E-state index in [1.165, 1.54) is 77.0 Å². The molecule has 2 amide bonds. The lowest BCUT2D eigenvalue weighted by molar-refractivity contribution is -0.122. The number of carbonyl (C=O) groups is 2. The topological polar surface area (TPSA) is 98.7 Å². The molecule has 6 nitrogen and oxygen atoms in total. The third kappa shape index (κ3) is 37.2. The van der Waals surface area contributed by atoms with Gasteiger partial charge in [0.2, 0.25) is 11.8 Å². The Morgan fingerprint density at radius 2 is 0.812 bits per heavy atom. The van der Waals surface area contributed by atoms with Crippen LogP contribution in [0.1, 0.15) is 206 Å². The summed E-state index contributed by atoms with van der Waals surface area (Å²) in [6, 6.07) is 0. The predicted octanol–water partition coefficient (Wildman–Crippen LogP) is 10.8. The third-order valence-electron chi connectivity index (χ3n) is 9.23. The summed E-state index contributed by atoms with van der Waals surface area (Å²) in [5, 5.41) is 26.1. The fourth-order valence-corrected chi connectivity index (χ4v) is 5.98. The molecule has 0 rings (SSSR count). The first-order valence-corrected chi connectivity index (χ1v) is 20.7. The molecule has 0 aliphatic heterocycles. The fourth-order valence-electron chi connectivity index (χ4n) is 5.98.